The number of ether oxygens (including phenoxy) is 2. The van der Waals surface area contributed by atoms with Crippen molar-refractivity contribution < 1.29 is 18.3 Å². The number of rotatable bonds is 6. The van der Waals surface area contributed by atoms with Crippen LogP contribution in [0.5, 0.6) is 0 Å². The van der Waals surface area contributed by atoms with Gasteiger partial charge in [-0.1, -0.05) is 12.8 Å². The smallest absolute Gasteiger partial charge is 0.266 e. The van der Waals surface area contributed by atoms with E-state index < -0.39 is 6.08 Å². The molecule has 0 radical (unpaired) electrons. The molecule has 0 aromatic carbocycles. The molecule has 0 aromatic rings. The Kier molecular flexibility index (Phi) is 8.63. The van der Waals surface area contributed by atoms with Gasteiger partial charge in [-0.3, -0.25) is 0 Å². The highest BCUT2D eigenvalue weighted by molar-refractivity contribution is 4.88. The zero-order valence-electron chi connectivity index (χ0n) is 18.7. The van der Waals surface area contributed by atoms with Crippen molar-refractivity contribution in [2.24, 2.45) is 41.4 Å². The minimum Gasteiger partial charge on any atom is -0.355 e. The Morgan fingerprint density at radius 1 is 0.600 bits per heavy atom. The van der Waals surface area contributed by atoms with Gasteiger partial charge in [-0.2, -0.15) is 8.78 Å². The van der Waals surface area contributed by atoms with Crippen LogP contribution < -0.4 is 0 Å². The van der Waals surface area contributed by atoms with Crippen molar-refractivity contribution in [1.29, 1.82) is 0 Å². The first-order chi connectivity index (χ1) is 14.7. The first-order valence-electron chi connectivity index (χ1n) is 12.9. The quantitative estimate of drug-likeness (QED) is 0.437. The molecule has 172 valence electrons. The van der Waals surface area contributed by atoms with Crippen LogP contribution in [0.3, 0.4) is 0 Å². The molecule has 0 amide bonds. The standard InChI is InChI=1S/C26H42F2O2/c27-26(28)3-1-2-19-4-6-20(7-5-19)21-8-10-22(11-9-21)23-12-14-24(15-13-23)25-16-29-18-30-17-25/h3,19-25H,1-2,4-18H2. The number of halogens is 2. The summed E-state index contributed by atoms with van der Waals surface area (Å²) in [5.74, 6) is 5.94. The summed E-state index contributed by atoms with van der Waals surface area (Å²) in [5, 5.41) is 0. The lowest BCUT2D eigenvalue weighted by Gasteiger charge is -2.42. The molecule has 1 aliphatic heterocycles. The average molecular weight is 425 g/mol. The van der Waals surface area contributed by atoms with E-state index in [1.54, 1.807) is 0 Å². The van der Waals surface area contributed by atoms with E-state index in [0.717, 1.165) is 55.3 Å². The SMILES string of the molecule is FC(F)=CCCC1CCC(C2CCC(C3CCC(C4COCOC4)CC3)CC2)CC1. The Balaban J connectivity index is 1.13. The van der Waals surface area contributed by atoms with Gasteiger partial charge < -0.3 is 9.47 Å². The maximum Gasteiger partial charge on any atom is 0.266 e. The van der Waals surface area contributed by atoms with Crippen LogP contribution in [0.4, 0.5) is 8.78 Å². The van der Waals surface area contributed by atoms with Crippen LogP contribution in [0.1, 0.15) is 89.9 Å². The van der Waals surface area contributed by atoms with Crippen LogP contribution in [0.15, 0.2) is 12.2 Å². The largest absolute Gasteiger partial charge is 0.355 e. The minimum atomic E-state index is -1.51. The van der Waals surface area contributed by atoms with Crippen LogP contribution in [-0.4, -0.2) is 20.0 Å². The summed E-state index contributed by atoms with van der Waals surface area (Å²) >= 11 is 0. The zero-order chi connectivity index (χ0) is 20.8. The molecule has 2 nitrogen and oxygen atoms in total. The van der Waals surface area contributed by atoms with E-state index in [4.69, 9.17) is 9.47 Å². The predicted molar refractivity (Wildman–Crippen MR) is 116 cm³/mol. The molecule has 30 heavy (non-hydrogen) atoms. The molecule has 4 fully saturated rings. The maximum atomic E-state index is 12.2. The predicted octanol–water partition coefficient (Wildman–Crippen LogP) is 7.59. The van der Waals surface area contributed by atoms with Gasteiger partial charge in [0.1, 0.15) is 6.79 Å². The van der Waals surface area contributed by atoms with Crippen molar-refractivity contribution in [3.8, 4) is 0 Å². The van der Waals surface area contributed by atoms with Gasteiger partial charge in [0.15, 0.2) is 0 Å². The molecule has 4 aliphatic rings. The summed E-state index contributed by atoms with van der Waals surface area (Å²) in [5.41, 5.74) is 0. The van der Waals surface area contributed by atoms with Gasteiger partial charge in [-0.25, -0.2) is 0 Å². The monoisotopic (exact) mass is 424 g/mol. The summed E-state index contributed by atoms with van der Waals surface area (Å²) in [4.78, 5) is 0. The molecule has 0 unspecified atom stereocenters. The van der Waals surface area contributed by atoms with E-state index in [2.05, 4.69) is 0 Å². The highest BCUT2D eigenvalue weighted by Gasteiger charge is 2.36. The zero-order valence-corrected chi connectivity index (χ0v) is 18.7. The van der Waals surface area contributed by atoms with Gasteiger partial charge in [0.05, 0.1) is 13.2 Å². The first kappa shape index (κ1) is 22.7. The van der Waals surface area contributed by atoms with Crippen molar-refractivity contribution in [1.82, 2.24) is 0 Å². The lowest BCUT2D eigenvalue weighted by molar-refractivity contribution is -0.141. The summed E-state index contributed by atoms with van der Waals surface area (Å²) in [7, 11) is 0. The molecule has 0 spiro atoms. The number of allylic oxidation sites excluding steroid dienone is 1. The molecule has 0 atom stereocenters. The molecule has 1 saturated heterocycles. The normalized spacial score (nSPS) is 38.9. The van der Waals surface area contributed by atoms with Crippen LogP contribution in [-0.2, 0) is 9.47 Å². The summed E-state index contributed by atoms with van der Waals surface area (Å²) in [6.07, 6.45) is 17.8. The van der Waals surface area contributed by atoms with E-state index >= 15 is 0 Å². The van der Waals surface area contributed by atoms with E-state index in [0.29, 0.717) is 25.0 Å². The van der Waals surface area contributed by atoms with Gasteiger partial charge in [0.25, 0.3) is 6.08 Å². The molecule has 0 N–H and O–H groups in total. The third-order valence-electron chi connectivity index (χ3n) is 9.23. The Hall–Kier alpha value is -0.480. The summed E-state index contributed by atoms with van der Waals surface area (Å²) < 4.78 is 35.5. The third-order valence-corrected chi connectivity index (χ3v) is 9.23. The Labute approximate surface area is 182 Å². The fraction of sp³-hybridized carbons (Fsp3) is 0.923. The van der Waals surface area contributed by atoms with E-state index in [1.807, 2.05) is 0 Å². The molecule has 0 bridgehead atoms. The summed E-state index contributed by atoms with van der Waals surface area (Å²) in [6.45, 7) is 2.31. The van der Waals surface area contributed by atoms with Crippen LogP contribution in [0.2, 0.25) is 0 Å². The molecule has 3 aliphatic carbocycles. The fourth-order valence-corrected chi connectivity index (χ4v) is 7.33. The minimum absolute atomic E-state index is 0.493. The van der Waals surface area contributed by atoms with Gasteiger partial charge >= 0.3 is 0 Å². The Morgan fingerprint density at radius 2 is 1.00 bits per heavy atom. The van der Waals surface area contributed by atoms with Crippen molar-refractivity contribution in [3.63, 3.8) is 0 Å². The molecular weight excluding hydrogens is 382 g/mol. The molecule has 1 heterocycles. The number of hydrogen-bond acceptors (Lipinski definition) is 2. The van der Waals surface area contributed by atoms with Crippen molar-refractivity contribution in [2.75, 3.05) is 20.0 Å². The average Bonchev–Trinajstić information content (AvgIpc) is 2.80. The highest BCUT2D eigenvalue weighted by atomic mass is 19.3. The second kappa shape index (κ2) is 11.4. The second-order valence-corrected chi connectivity index (χ2v) is 10.8. The molecule has 3 saturated carbocycles. The van der Waals surface area contributed by atoms with Crippen LogP contribution in [0.25, 0.3) is 0 Å². The molecular formula is C26H42F2O2. The maximum absolute atomic E-state index is 12.2. The lowest BCUT2D eigenvalue weighted by atomic mass is 9.64. The second-order valence-electron chi connectivity index (χ2n) is 10.8. The molecule has 4 heteroatoms. The van der Waals surface area contributed by atoms with Crippen molar-refractivity contribution >= 4 is 0 Å². The van der Waals surface area contributed by atoms with Gasteiger partial charge in [0, 0.05) is 5.92 Å². The van der Waals surface area contributed by atoms with Gasteiger partial charge in [-0.15, -0.1) is 0 Å². The Bertz CT molecular complexity index is 517. The first-order valence-corrected chi connectivity index (χ1v) is 12.9. The van der Waals surface area contributed by atoms with Crippen molar-refractivity contribution in [2.45, 2.75) is 89.9 Å². The summed E-state index contributed by atoms with van der Waals surface area (Å²) in [6, 6.07) is 0. The van der Waals surface area contributed by atoms with Crippen molar-refractivity contribution in [3.05, 3.63) is 12.2 Å². The Morgan fingerprint density at radius 3 is 1.43 bits per heavy atom. The van der Waals surface area contributed by atoms with E-state index in [-0.39, 0.29) is 0 Å². The van der Waals surface area contributed by atoms with Crippen LogP contribution >= 0.6 is 0 Å². The number of hydrogen-bond donors (Lipinski definition) is 0. The molecule has 4 rings (SSSR count). The fourth-order valence-electron chi connectivity index (χ4n) is 7.33. The van der Waals surface area contributed by atoms with Crippen LogP contribution in [0, 0.1) is 41.4 Å². The lowest BCUT2D eigenvalue weighted by Crippen LogP contribution is -2.34. The third kappa shape index (κ3) is 6.28. The van der Waals surface area contributed by atoms with Gasteiger partial charge in [0.2, 0.25) is 0 Å². The van der Waals surface area contributed by atoms with E-state index in [9.17, 15) is 8.78 Å². The topological polar surface area (TPSA) is 18.5 Å². The highest BCUT2D eigenvalue weighted by Crippen LogP contribution is 2.47. The molecule has 0 aromatic heterocycles. The van der Waals surface area contributed by atoms with Gasteiger partial charge in [-0.05, 0) is 119 Å². The van der Waals surface area contributed by atoms with E-state index in [1.165, 1.54) is 77.0 Å².